The van der Waals surface area contributed by atoms with Gasteiger partial charge in [-0.15, -0.1) is 0 Å². The van der Waals surface area contributed by atoms with E-state index in [0.29, 0.717) is 25.9 Å². The predicted octanol–water partition coefficient (Wildman–Crippen LogP) is 3.55. The second-order valence-electron chi connectivity index (χ2n) is 9.59. The molecule has 0 aromatic heterocycles. The van der Waals surface area contributed by atoms with Gasteiger partial charge in [-0.2, -0.15) is 0 Å². The van der Waals surface area contributed by atoms with Crippen LogP contribution in [0.1, 0.15) is 35.2 Å². The molecule has 3 aliphatic rings. The highest BCUT2D eigenvalue weighted by atomic mass is 19.1. The first-order valence-electron chi connectivity index (χ1n) is 11.8. The summed E-state index contributed by atoms with van der Waals surface area (Å²) in [4.78, 5) is 31.7. The highest BCUT2D eigenvalue weighted by Crippen LogP contribution is 2.60. The van der Waals surface area contributed by atoms with Crippen molar-refractivity contribution in [3.05, 3.63) is 71.3 Å². The summed E-state index contributed by atoms with van der Waals surface area (Å²) in [6, 6.07) is 13.8. The fraction of sp³-hybridized carbons (Fsp3) is 0.462. The molecule has 2 aromatic carbocycles. The Bertz CT molecular complexity index is 1010. The zero-order valence-corrected chi connectivity index (χ0v) is 18.7. The molecule has 0 radical (unpaired) electrons. The van der Waals surface area contributed by atoms with Crippen molar-refractivity contribution in [2.75, 3.05) is 39.3 Å². The van der Waals surface area contributed by atoms with Crippen molar-refractivity contribution in [3.8, 4) is 0 Å². The van der Waals surface area contributed by atoms with Gasteiger partial charge in [0.05, 0.1) is 0 Å². The molecule has 7 heteroatoms. The Labute approximate surface area is 193 Å². The van der Waals surface area contributed by atoms with Gasteiger partial charge in [-0.25, -0.2) is 8.78 Å². The Morgan fingerprint density at radius 3 is 2.09 bits per heavy atom. The maximum absolute atomic E-state index is 14.0. The second kappa shape index (κ2) is 8.86. The number of piperidine rings is 1. The van der Waals surface area contributed by atoms with Gasteiger partial charge < -0.3 is 9.80 Å². The number of rotatable bonds is 4. The number of hydrogen-bond acceptors (Lipinski definition) is 3. The van der Waals surface area contributed by atoms with Crippen molar-refractivity contribution in [1.82, 2.24) is 14.7 Å². The fourth-order valence-electron chi connectivity index (χ4n) is 5.45. The lowest BCUT2D eigenvalue weighted by molar-refractivity contribution is -0.135. The lowest BCUT2D eigenvalue weighted by Crippen LogP contribution is -2.49. The smallest absolute Gasteiger partial charge is 0.259 e. The number of likely N-dealkylation sites (tertiary alicyclic amines) is 1. The van der Waals surface area contributed by atoms with Crippen LogP contribution in [0.25, 0.3) is 0 Å². The molecule has 5 nitrogen and oxygen atoms in total. The number of carbonyl (C=O) groups is 2. The van der Waals surface area contributed by atoms with Crippen LogP contribution in [0.4, 0.5) is 8.78 Å². The normalized spacial score (nSPS) is 22.4. The van der Waals surface area contributed by atoms with Gasteiger partial charge >= 0.3 is 0 Å². The van der Waals surface area contributed by atoms with E-state index in [9.17, 15) is 18.4 Å². The van der Waals surface area contributed by atoms with Crippen molar-refractivity contribution in [2.24, 2.45) is 11.3 Å². The zero-order valence-electron chi connectivity index (χ0n) is 18.7. The third-order valence-corrected chi connectivity index (χ3v) is 7.64. The number of halogens is 2. The van der Waals surface area contributed by atoms with Crippen molar-refractivity contribution < 1.29 is 18.4 Å². The quantitative estimate of drug-likeness (QED) is 0.711. The molecule has 0 N–H and O–H groups in total. The zero-order chi connectivity index (χ0) is 23.0. The average Bonchev–Trinajstić information content (AvgIpc) is 3.53. The summed E-state index contributed by atoms with van der Waals surface area (Å²) >= 11 is 0. The minimum atomic E-state index is -0.828. The van der Waals surface area contributed by atoms with Crippen molar-refractivity contribution in [2.45, 2.75) is 25.8 Å². The monoisotopic (exact) mass is 453 g/mol. The molecule has 2 amide bonds. The summed E-state index contributed by atoms with van der Waals surface area (Å²) < 4.78 is 28.0. The molecule has 1 aliphatic carbocycles. The van der Waals surface area contributed by atoms with Gasteiger partial charge in [0.1, 0.15) is 17.2 Å². The van der Waals surface area contributed by atoms with Crippen molar-refractivity contribution >= 4 is 11.8 Å². The molecule has 2 aliphatic heterocycles. The van der Waals surface area contributed by atoms with E-state index in [1.54, 1.807) is 0 Å². The Morgan fingerprint density at radius 2 is 1.45 bits per heavy atom. The highest BCUT2D eigenvalue weighted by Gasteiger charge is 2.59. The van der Waals surface area contributed by atoms with Crippen molar-refractivity contribution in [3.63, 3.8) is 0 Å². The molecule has 1 saturated carbocycles. The van der Waals surface area contributed by atoms with Crippen LogP contribution in [0.2, 0.25) is 0 Å². The largest absolute Gasteiger partial charge is 0.340 e. The Morgan fingerprint density at radius 1 is 0.818 bits per heavy atom. The molecule has 2 aromatic rings. The number of amides is 2. The fourth-order valence-corrected chi connectivity index (χ4v) is 5.45. The van der Waals surface area contributed by atoms with E-state index >= 15 is 0 Å². The van der Waals surface area contributed by atoms with Gasteiger partial charge in [-0.1, -0.05) is 36.4 Å². The molecule has 1 spiro atoms. The summed E-state index contributed by atoms with van der Waals surface area (Å²) in [7, 11) is 0. The topological polar surface area (TPSA) is 43.9 Å². The van der Waals surface area contributed by atoms with E-state index < -0.39 is 23.1 Å². The van der Waals surface area contributed by atoms with E-state index in [2.05, 4.69) is 17.0 Å². The molecule has 0 bridgehead atoms. The van der Waals surface area contributed by atoms with E-state index in [-0.39, 0.29) is 17.2 Å². The Balaban J connectivity index is 1.12. The average molecular weight is 454 g/mol. The molecule has 2 saturated heterocycles. The molecule has 2 heterocycles. The molecule has 1 unspecified atom stereocenters. The summed E-state index contributed by atoms with van der Waals surface area (Å²) in [6.07, 6.45) is 2.27. The molecule has 174 valence electrons. The number of hydrogen-bond donors (Lipinski definition) is 0. The van der Waals surface area contributed by atoms with Crippen molar-refractivity contribution in [1.29, 1.82) is 0 Å². The molecular formula is C26H29F2N3O2. The maximum atomic E-state index is 14.0. The maximum Gasteiger partial charge on any atom is 0.259 e. The Kier molecular flexibility index (Phi) is 5.91. The van der Waals surface area contributed by atoms with Crippen LogP contribution in [0, 0.1) is 23.0 Å². The van der Waals surface area contributed by atoms with Crippen LogP contribution in [0.3, 0.4) is 0 Å². The summed E-state index contributed by atoms with van der Waals surface area (Å²) in [6.45, 7) is 5.00. The van der Waals surface area contributed by atoms with Gasteiger partial charge in [-0.3, -0.25) is 14.5 Å². The molecule has 5 rings (SSSR count). The van der Waals surface area contributed by atoms with Crippen LogP contribution in [-0.2, 0) is 11.3 Å². The number of piperazine rings is 1. The van der Waals surface area contributed by atoms with Gasteiger partial charge in [-0.05, 0) is 42.4 Å². The lowest BCUT2D eigenvalue weighted by Gasteiger charge is -2.36. The molecular weight excluding hydrogens is 424 g/mol. The minimum Gasteiger partial charge on any atom is -0.340 e. The number of nitrogens with zero attached hydrogens (tertiary/aromatic N) is 3. The summed E-state index contributed by atoms with van der Waals surface area (Å²) in [5, 5.41) is 0. The first kappa shape index (κ1) is 22.0. The molecule has 3 fully saturated rings. The van der Waals surface area contributed by atoms with E-state index in [4.69, 9.17) is 0 Å². The Hall–Kier alpha value is -2.80. The number of benzene rings is 2. The summed E-state index contributed by atoms with van der Waals surface area (Å²) in [5.74, 6) is -2.01. The van der Waals surface area contributed by atoms with E-state index in [1.165, 1.54) is 16.5 Å². The first-order valence-corrected chi connectivity index (χ1v) is 11.8. The minimum absolute atomic E-state index is 0.0145. The standard InChI is InChI=1S/C26H29F2N3O2/c27-21-7-4-8-22(28)23(21)25(33)30-11-9-26(10-12-30)17-20(26)24(32)31-15-13-29(14-16-31)18-19-5-2-1-3-6-19/h1-8,20H,9-18H2. The third-order valence-electron chi connectivity index (χ3n) is 7.64. The van der Waals surface area contributed by atoms with Crippen LogP contribution in [0.5, 0.6) is 0 Å². The second-order valence-corrected chi connectivity index (χ2v) is 9.59. The molecule has 33 heavy (non-hydrogen) atoms. The van der Waals surface area contributed by atoms with Crippen LogP contribution in [-0.4, -0.2) is 65.8 Å². The number of carbonyl (C=O) groups excluding carboxylic acids is 2. The highest BCUT2D eigenvalue weighted by molar-refractivity contribution is 5.95. The van der Waals surface area contributed by atoms with Crippen LogP contribution in [0.15, 0.2) is 48.5 Å². The van der Waals surface area contributed by atoms with E-state index in [1.807, 2.05) is 23.1 Å². The lowest BCUT2D eigenvalue weighted by atomic mass is 9.90. The van der Waals surface area contributed by atoms with Gasteiger partial charge in [0, 0.05) is 51.7 Å². The van der Waals surface area contributed by atoms with Crippen LogP contribution < -0.4 is 0 Å². The predicted molar refractivity (Wildman–Crippen MR) is 120 cm³/mol. The van der Waals surface area contributed by atoms with E-state index in [0.717, 1.165) is 51.3 Å². The summed E-state index contributed by atoms with van der Waals surface area (Å²) in [5.41, 5.74) is 0.753. The SMILES string of the molecule is O=C(c1c(F)cccc1F)N1CCC2(CC1)CC2C(=O)N1CCN(Cc2ccccc2)CC1. The van der Waals surface area contributed by atoms with Crippen LogP contribution >= 0.6 is 0 Å². The third kappa shape index (κ3) is 4.38. The van der Waals surface area contributed by atoms with Gasteiger partial charge in [0.25, 0.3) is 5.91 Å². The molecule has 1 atom stereocenters. The first-order chi connectivity index (χ1) is 16.0. The van der Waals surface area contributed by atoms with Gasteiger partial charge in [0.2, 0.25) is 5.91 Å². The van der Waals surface area contributed by atoms with Gasteiger partial charge in [0.15, 0.2) is 0 Å².